The van der Waals surface area contributed by atoms with Crippen LogP contribution >= 0.6 is 11.6 Å². The van der Waals surface area contributed by atoms with Crippen molar-refractivity contribution in [2.24, 2.45) is 11.8 Å². The van der Waals surface area contributed by atoms with Gasteiger partial charge >= 0.3 is 0 Å². The van der Waals surface area contributed by atoms with E-state index in [0.29, 0.717) is 17.8 Å². The highest BCUT2D eigenvalue weighted by Crippen LogP contribution is 2.35. The molecule has 0 bridgehead atoms. The van der Waals surface area contributed by atoms with Gasteiger partial charge in [0.2, 0.25) is 0 Å². The van der Waals surface area contributed by atoms with Crippen molar-refractivity contribution in [3.05, 3.63) is 34.6 Å². The van der Waals surface area contributed by atoms with Gasteiger partial charge in [-0.05, 0) is 55.0 Å². The van der Waals surface area contributed by atoms with Crippen molar-refractivity contribution in [3.63, 3.8) is 0 Å². The lowest BCUT2D eigenvalue weighted by Crippen LogP contribution is -2.38. The second kappa shape index (κ2) is 5.36. The Kier molecular flexibility index (Phi) is 4.05. The first kappa shape index (κ1) is 12.8. The maximum atomic E-state index is 13.5. The Balaban J connectivity index is 2.26. The summed E-state index contributed by atoms with van der Waals surface area (Å²) in [6.07, 6.45) is 1.07. The molecule has 1 saturated heterocycles. The number of halogens is 2. The second-order valence-corrected chi connectivity index (χ2v) is 5.59. The van der Waals surface area contributed by atoms with Crippen LogP contribution in [0.3, 0.4) is 0 Å². The van der Waals surface area contributed by atoms with Crippen LogP contribution in [0.5, 0.6) is 0 Å². The Morgan fingerprint density at radius 3 is 2.82 bits per heavy atom. The molecule has 1 aromatic carbocycles. The van der Waals surface area contributed by atoms with E-state index in [0.717, 1.165) is 25.1 Å². The molecule has 0 amide bonds. The first-order chi connectivity index (χ1) is 8.09. The molecule has 0 saturated carbocycles. The summed E-state index contributed by atoms with van der Waals surface area (Å²) in [6, 6.07) is 5.25. The zero-order chi connectivity index (χ0) is 12.4. The maximum Gasteiger partial charge on any atom is 0.142 e. The predicted octanol–water partition coefficient (Wildman–Crippen LogP) is 3.83. The fourth-order valence-electron chi connectivity index (χ4n) is 2.74. The van der Waals surface area contributed by atoms with Crippen LogP contribution in [-0.2, 0) is 0 Å². The molecule has 0 aromatic heterocycles. The quantitative estimate of drug-likeness (QED) is 0.847. The number of benzene rings is 1. The smallest absolute Gasteiger partial charge is 0.142 e. The number of hydrogen-bond acceptors (Lipinski definition) is 1. The number of hydrogen-bond donors (Lipinski definition) is 1. The fourth-order valence-corrected chi connectivity index (χ4v) is 2.86. The van der Waals surface area contributed by atoms with Gasteiger partial charge in [-0.2, -0.15) is 0 Å². The Labute approximate surface area is 107 Å². The van der Waals surface area contributed by atoms with Gasteiger partial charge in [-0.1, -0.05) is 31.5 Å². The van der Waals surface area contributed by atoms with Crippen molar-refractivity contribution in [1.29, 1.82) is 0 Å². The summed E-state index contributed by atoms with van der Waals surface area (Å²) < 4.78 is 13.5. The van der Waals surface area contributed by atoms with E-state index in [4.69, 9.17) is 11.6 Å². The highest BCUT2D eigenvalue weighted by Gasteiger charge is 2.28. The third kappa shape index (κ3) is 2.80. The Morgan fingerprint density at radius 2 is 2.18 bits per heavy atom. The van der Waals surface area contributed by atoms with Crippen molar-refractivity contribution < 1.29 is 4.39 Å². The van der Waals surface area contributed by atoms with Gasteiger partial charge in [-0.3, -0.25) is 0 Å². The van der Waals surface area contributed by atoms with Gasteiger partial charge in [-0.25, -0.2) is 4.39 Å². The zero-order valence-corrected chi connectivity index (χ0v) is 11.1. The summed E-state index contributed by atoms with van der Waals surface area (Å²) in [5, 5.41) is 3.63. The van der Waals surface area contributed by atoms with Crippen LogP contribution in [0.15, 0.2) is 18.2 Å². The van der Waals surface area contributed by atoms with Crippen LogP contribution in [0.25, 0.3) is 0 Å². The summed E-state index contributed by atoms with van der Waals surface area (Å²) in [7, 11) is 0. The Hall–Kier alpha value is -0.600. The van der Waals surface area contributed by atoms with E-state index in [2.05, 4.69) is 19.2 Å². The second-order valence-electron chi connectivity index (χ2n) is 5.18. The molecule has 94 valence electrons. The highest BCUT2D eigenvalue weighted by atomic mass is 35.5. The summed E-state index contributed by atoms with van der Waals surface area (Å²) in [4.78, 5) is 0. The lowest BCUT2D eigenvalue weighted by Gasteiger charge is -2.35. The summed E-state index contributed by atoms with van der Waals surface area (Å²) in [5.74, 6) is 1.32. The van der Waals surface area contributed by atoms with Crippen LogP contribution in [0, 0.1) is 17.7 Å². The molecule has 1 heterocycles. The number of piperidine rings is 1. The van der Waals surface area contributed by atoms with Crippen LogP contribution in [-0.4, -0.2) is 13.1 Å². The van der Waals surface area contributed by atoms with Gasteiger partial charge in [0.15, 0.2) is 0 Å². The van der Waals surface area contributed by atoms with Crippen LogP contribution in [0.1, 0.15) is 31.7 Å². The molecule has 2 rings (SSSR count). The molecule has 0 aliphatic carbocycles. The molecule has 0 radical (unpaired) electrons. The van der Waals surface area contributed by atoms with Crippen molar-refractivity contribution in [1.82, 2.24) is 5.32 Å². The molecule has 1 aliphatic heterocycles. The van der Waals surface area contributed by atoms with Gasteiger partial charge in [0, 0.05) is 0 Å². The SMILES string of the molecule is CC(C)C1CNCCC1c1ccc(Cl)c(F)c1. The Bertz CT molecular complexity index is 392. The van der Waals surface area contributed by atoms with Gasteiger partial charge < -0.3 is 5.32 Å². The summed E-state index contributed by atoms with van der Waals surface area (Å²) >= 11 is 5.73. The fraction of sp³-hybridized carbons (Fsp3) is 0.571. The molecule has 17 heavy (non-hydrogen) atoms. The normalized spacial score (nSPS) is 25.2. The van der Waals surface area contributed by atoms with Crippen molar-refractivity contribution in [2.75, 3.05) is 13.1 Å². The third-order valence-corrected chi connectivity index (χ3v) is 4.06. The molecular weight excluding hydrogens is 237 g/mol. The van der Waals surface area contributed by atoms with Crippen molar-refractivity contribution in [3.8, 4) is 0 Å². The maximum absolute atomic E-state index is 13.5. The summed E-state index contributed by atoms with van der Waals surface area (Å²) in [5.41, 5.74) is 1.09. The largest absolute Gasteiger partial charge is 0.316 e. The highest BCUT2D eigenvalue weighted by molar-refractivity contribution is 6.30. The van der Waals surface area contributed by atoms with E-state index in [1.165, 1.54) is 0 Å². The molecule has 1 nitrogen and oxygen atoms in total. The van der Waals surface area contributed by atoms with E-state index in [-0.39, 0.29) is 10.8 Å². The van der Waals surface area contributed by atoms with Gasteiger partial charge in [0.1, 0.15) is 5.82 Å². The monoisotopic (exact) mass is 255 g/mol. The molecular formula is C14H19ClFN. The minimum atomic E-state index is -0.301. The first-order valence-electron chi connectivity index (χ1n) is 6.25. The topological polar surface area (TPSA) is 12.0 Å². The molecule has 1 fully saturated rings. The lowest BCUT2D eigenvalue weighted by atomic mass is 9.75. The summed E-state index contributed by atoms with van der Waals surface area (Å²) in [6.45, 7) is 6.50. The molecule has 1 N–H and O–H groups in total. The van der Waals surface area contributed by atoms with Crippen LogP contribution in [0.2, 0.25) is 5.02 Å². The molecule has 2 unspecified atom stereocenters. The zero-order valence-electron chi connectivity index (χ0n) is 10.3. The van der Waals surface area contributed by atoms with E-state index in [9.17, 15) is 4.39 Å². The van der Waals surface area contributed by atoms with E-state index in [1.54, 1.807) is 12.1 Å². The van der Waals surface area contributed by atoms with Gasteiger partial charge in [0.25, 0.3) is 0 Å². The van der Waals surface area contributed by atoms with Gasteiger partial charge in [-0.15, -0.1) is 0 Å². The average molecular weight is 256 g/mol. The molecule has 2 atom stereocenters. The lowest BCUT2D eigenvalue weighted by molar-refractivity contribution is 0.255. The Morgan fingerprint density at radius 1 is 1.41 bits per heavy atom. The minimum Gasteiger partial charge on any atom is -0.316 e. The van der Waals surface area contributed by atoms with Crippen molar-refractivity contribution >= 4 is 11.6 Å². The third-order valence-electron chi connectivity index (χ3n) is 3.76. The van der Waals surface area contributed by atoms with E-state index in [1.807, 2.05) is 6.07 Å². The van der Waals surface area contributed by atoms with E-state index < -0.39 is 0 Å². The van der Waals surface area contributed by atoms with Crippen LogP contribution < -0.4 is 5.32 Å². The van der Waals surface area contributed by atoms with Gasteiger partial charge in [0.05, 0.1) is 5.02 Å². The van der Waals surface area contributed by atoms with E-state index >= 15 is 0 Å². The first-order valence-corrected chi connectivity index (χ1v) is 6.63. The standard InChI is InChI=1S/C14H19ClFN/c1-9(2)12-8-17-6-5-11(12)10-3-4-13(15)14(16)7-10/h3-4,7,9,11-12,17H,5-6,8H2,1-2H3. The minimum absolute atomic E-state index is 0.212. The molecule has 0 spiro atoms. The van der Waals surface area contributed by atoms with Crippen molar-refractivity contribution in [2.45, 2.75) is 26.2 Å². The molecule has 1 aromatic rings. The average Bonchev–Trinajstić information content (AvgIpc) is 2.32. The predicted molar refractivity (Wildman–Crippen MR) is 70.0 cm³/mol. The number of rotatable bonds is 2. The molecule has 1 aliphatic rings. The number of nitrogens with one attached hydrogen (secondary N) is 1. The molecule has 3 heteroatoms. The van der Waals surface area contributed by atoms with Crippen LogP contribution in [0.4, 0.5) is 4.39 Å².